The molecule has 2 rings (SSSR count). The van der Waals surface area contributed by atoms with Crippen LogP contribution in [0.1, 0.15) is 6.42 Å². The van der Waals surface area contributed by atoms with Crippen LogP contribution >= 0.6 is 11.8 Å². The van der Waals surface area contributed by atoms with Gasteiger partial charge in [-0.25, -0.2) is 5.43 Å². The number of carbonyl (C=O) groups excluding carboxylic acids is 1. The molecule has 1 aromatic rings. The lowest BCUT2D eigenvalue weighted by Gasteiger charge is -2.06. The number of nitrogens with one attached hydrogen (secondary N) is 2. The van der Waals surface area contributed by atoms with E-state index in [-0.39, 0.29) is 12.5 Å². The molecule has 0 atom stereocenters. The molecule has 2 N–H and O–H groups in total. The Morgan fingerprint density at radius 1 is 1.42 bits per heavy atom. The van der Waals surface area contributed by atoms with Crippen molar-refractivity contribution in [1.29, 1.82) is 0 Å². The zero-order valence-electron chi connectivity index (χ0n) is 10.8. The van der Waals surface area contributed by atoms with E-state index in [4.69, 9.17) is 4.74 Å². The quantitative estimate of drug-likeness (QED) is 0.806. The minimum Gasteiger partial charge on any atom is -0.497 e. The summed E-state index contributed by atoms with van der Waals surface area (Å²) in [6.45, 7) is 0.205. The van der Waals surface area contributed by atoms with Gasteiger partial charge in [0.2, 0.25) is 0 Å². The molecular weight excluding hydrogens is 262 g/mol. The molecule has 0 radical (unpaired) electrons. The maximum atomic E-state index is 11.6. The number of anilines is 1. The highest BCUT2D eigenvalue weighted by molar-refractivity contribution is 8.00. The molecule has 1 aliphatic heterocycles. The molecule has 0 saturated carbocycles. The molecule has 1 aliphatic rings. The smallest absolute Gasteiger partial charge is 0.259 e. The Morgan fingerprint density at radius 2 is 2.21 bits per heavy atom. The van der Waals surface area contributed by atoms with Gasteiger partial charge in [-0.2, -0.15) is 16.9 Å². The van der Waals surface area contributed by atoms with Crippen molar-refractivity contribution in [3.63, 3.8) is 0 Å². The molecule has 0 aromatic heterocycles. The zero-order valence-corrected chi connectivity index (χ0v) is 11.6. The van der Waals surface area contributed by atoms with Crippen molar-refractivity contribution in [2.75, 3.05) is 30.5 Å². The SMILES string of the molecule is COc1ccc(NCC(=O)NN=C2CCSC2)cc1. The van der Waals surface area contributed by atoms with E-state index in [1.807, 2.05) is 36.0 Å². The number of benzene rings is 1. The molecule has 6 heteroatoms. The Morgan fingerprint density at radius 3 is 2.84 bits per heavy atom. The van der Waals surface area contributed by atoms with Gasteiger partial charge in [-0.15, -0.1) is 0 Å². The molecule has 1 heterocycles. The maximum absolute atomic E-state index is 11.6. The number of hydrogen-bond acceptors (Lipinski definition) is 5. The fourth-order valence-electron chi connectivity index (χ4n) is 1.61. The lowest BCUT2D eigenvalue weighted by Crippen LogP contribution is -2.26. The second kappa shape index (κ2) is 7.04. The molecule has 1 aromatic carbocycles. The largest absolute Gasteiger partial charge is 0.497 e. The summed E-state index contributed by atoms with van der Waals surface area (Å²) in [4.78, 5) is 11.6. The van der Waals surface area contributed by atoms with Crippen molar-refractivity contribution < 1.29 is 9.53 Å². The van der Waals surface area contributed by atoms with Crippen LogP contribution in [-0.2, 0) is 4.79 Å². The van der Waals surface area contributed by atoms with E-state index in [0.717, 1.165) is 35.1 Å². The summed E-state index contributed by atoms with van der Waals surface area (Å²) in [5.41, 5.74) is 4.50. The predicted octanol–water partition coefficient (Wildman–Crippen LogP) is 1.72. The Kier molecular flexibility index (Phi) is 5.09. The molecule has 0 unspecified atom stereocenters. The van der Waals surface area contributed by atoms with Crippen molar-refractivity contribution in [1.82, 2.24) is 5.43 Å². The summed E-state index contributed by atoms with van der Waals surface area (Å²) in [5, 5.41) is 7.13. The average Bonchev–Trinajstić information content (AvgIpc) is 2.96. The third kappa shape index (κ3) is 4.48. The number of hydrogen-bond donors (Lipinski definition) is 2. The van der Waals surface area contributed by atoms with Gasteiger partial charge in [0.15, 0.2) is 0 Å². The standard InChI is InChI=1S/C13H17N3O2S/c1-18-12-4-2-10(3-5-12)14-8-13(17)16-15-11-6-7-19-9-11/h2-5,14H,6-9H2,1H3,(H,16,17). The minimum atomic E-state index is -0.139. The number of hydrazone groups is 1. The zero-order chi connectivity index (χ0) is 13.5. The summed E-state index contributed by atoms with van der Waals surface area (Å²) in [6.07, 6.45) is 0.969. The van der Waals surface area contributed by atoms with Gasteiger partial charge >= 0.3 is 0 Å². The number of nitrogens with zero attached hydrogens (tertiary/aromatic N) is 1. The fraction of sp³-hybridized carbons (Fsp3) is 0.385. The molecule has 5 nitrogen and oxygen atoms in total. The second-order valence-electron chi connectivity index (χ2n) is 4.10. The minimum absolute atomic E-state index is 0.139. The maximum Gasteiger partial charge on any atom is 0.259 e. The highest BCUT2D eigenvalue weighted by Crippen LogP contribution is 2.15. The number of thioether (sulfide) groups is 1. The highest BCUT2D eigenvalue weighted by Gasteiger charge is 2.09. The van der Waals surface area contributed by atoms with Gasteiger partial charge in [-0.1, -0.05) is 0 Å². The van der Waals surface area contributed by atoms with Crippen molar-refractivity contribution in [3.05, 3.63) is 24.3 Å². The van der Waals surface area contributed by atoms with Gasteiger partial charge in [0.05, 0.1) is 13.7 Å². The molecule has 0 bridgehead atoms. The third-order valence-corrected chi connectivity index (χ3v) is 3.72. The van der Waals surface area contributed by atoms with Crippen molar-refractivity contribution >= 4 is 29.1 Å². The van der Waals surface area contributed by atoms with Crippen LogP contribution in [0, 0.1) is 0 Å². The van der Waals surface area contributed by atoms with Crippen LogP contribution in [0.25, 0.3) is 0 Å². The van der Waals surface area contributed by atoms with Crippen molar-refractivity contribution in [3.8, 4) is 5.75 Å². The lowest BCUT2D eigenvalue weighted by atomic mass is 10.3. The monoisotopic (exact) mass is 279 g/mol. The summed E-state index contributed by atoms with van der Waals surface area (Å²) < 4.78 is 5.06. The number of amides is 1. The van der Waals surface area contributed by atoms with Gasteiger partial charge in [0.1, 0.15) is 5.75 Å². The Bertz CT molecular complexity index is 451. The van der Waals surface area contributed by atoms with Gasteiger partial charge in [0.25, 0.3) is 5.91 Å². The summed E-state index contributed by atoms with van der Waals surface area (Å²) in [6, 6.07) is 7.42. The molecule has 102 valence electrons. The number of rotatable bonds is 5. The van der Waals surface area contributed by atoms with Crippen LogP contribution in [0.15, 0.2) is 29.4 Å². The summed E-state index contributed by atoms with van der Waals surface area (Å²) in [7, 11) is 1.62. The number of ether oxygens (including phenoxy) is 1. The Hall–Kier alpha value is -1.69. The molecule has 0 spiro atoms. The Labute approximate surface area is 116 Å². The molecule has 1 fully saturated rings. The van der Waals surface area contributed by atoms with Gasteiger partial charge in [-0.3, -0.25) is 4.79 Å². The van der Waals surface area contributed by atoms with E-state index in [1.54, 1.807) is 7.11 Å². The summed E-state index contributed by atoms with van der Waals surface area (Å²) >= 11 is 1.84. The van der Waals surface area contributed by atoms with E-state index in [1.165, 1.54) is 0 Å². The second-order valence-corrected chi connectivity index (χ2v) is 5.20. The van der Waals surface area contributed by atoms with E-state index >= 15 is 0 Å². The van der Waals surface area contributed by atoms with Gasteiger partial charge in [0, 0.05) is 17.2 Å². The lowest BCUT2D eigenvalue weighted by molar-refractivity contribution is -0.119. The first-order valence-corrected chi connectivity index (χ1v) is 7.23. The molecule has 19 heavy (non-hydrogen) atoms. The normalized spacial score (nSPS) is 16.4. The van der Waals surface area contributed by atoms with Gasteiger partial charge in [-0.05, 0) is 36.4 Å². The van der Waals surface area contributed by atoms with E-state index in [2.05, 4.69) is 15.8 Å². The summed E-state index contributed by atoms with van der Waals surface area (Å²) in [5.74, 6) is 2.67. The van der Waals surface area contributed by atoms with Crippen LogP contribution in [0.5, 0.6) is 5.75 Å². The van der Waals surface area contributed by atoms with Crippen LogP contribution in [0.3, 0.4) is 0 Å². The first-order chi connectivity index (χ1) is 9.28. The van der Waals surface area contributed by atoms with E-state index < -0.39 is 0 Å². The van der Waals surface area contributed by atoms with Crippen LogP contribution < -0.4 is 15.5 Å². The van der Waals surface area contributed by atoms with E-state index in [0.29, 0.717) is 0 Å². The fourth-order valence-corrected chi connectivity index (χ4v) is 2.58. The van der Waals surface area contributed by atoms with Crippen molar-refractivity contribution in [2.24, 2.45) is 5.10 Å². The Balaban J connectivity index is 1.74. The first-order valence-electron chi connectivity index (χ1n) is 6.08. The number of carbonyl (C=O) groups is 1. The third-order valence-electron chi connectivity index (χ3n) is 2.69. The number of methoxy groups -OCH3 is 1. The average molecular weight is 279 g/mol. The first kappa shape index (κ1) is 13.7. The van der Waals surface area contributed by atoms with Gasteiger partial charge < -0.3 is 10.1 Å². The van der Waals surface area contributed by atoms with Crippen molar-refractivity contribution in [2.45, 2.75) is 6.42 Å². The molecule has 1 amide bonds. The van der Waals surface area contributed by atoms with Crippen LogP contribution in [0.4, 0.5) is 5.69 Å². The van der Waals surface area contributed by atoms with Crippen LogP contribution in [0.2, 0.25) is 0 Å². The topological polar surface area (TPSA) is 62.7 Å². The van der Waals surface area contributed by atoms with Crippen LogP contribution in [-0.4, -0.2) is 36.8 Å². The predicted molar refractivity (Wildman–Crippen MR) is 79.0 cm³/mol. The highest BCUT2D eigenvalue weighted by atomic mass is 32.2. The molecule has 0 aliphatic carbocycles. The molecule has 1 saturated heterocycles. The van der Waals surface area contributed by atoms with E-state index in [9.17, 15) is 4.79 Å². The molecular formula is C13H17N3O2S.